The first-order chi connectivity index (χ1) is 13.9. The number of hydrogen-bond acceptors (Lipinski definition) is 6. The van der Waals surface area contributed by atoms with Crippen molar-refractivity contribution in [2.45, 2.75) is 51.3 Å². The molecule has 0 aliphatic rings. The van der Waals surface area contributed by atoms with Gasteiger partial charge in [0.05, 0.1) is 42.9 Å². The highest BCUT2D eigenvalue weighted by Gasteiger charge is 2.16. The van der Waals surface area contributed by atoms with Gasteiger partial charge in [-0.15, -0.1) is 0 Å². The molecule has 0 aliphatic carbocycles. The second-order valence-corrected chi connectivity index (χ2v) is 13.8. The summed E-state index contributed by atoms with van der Waals surface area (Å²) in [4.78, 5) is 8.86. The third-order valence-electron chi connectivity index (χ3n) is 4.69. The molecular formula is C20H25N7OSi. The van der Waals surface area contributed by atoms with E-state index in [-0.39, 0.29) is 18.9 Å². The van der Waals surface area contributed by atoms with E-state index in [4.69, 9.17) is 15.3 Å². The maximum atomic E-state index is 8.99. The molecule has 29 heavy (non-hydrogen) atoms. The summed E-state index contributed by atoms with van der Waals surface area (Å²) in [6.07, 6.45) is 7.51. The third kappa shape index (κ3) is 5.08. The summed E-state index contributed by atoms with van der Waals surface area (Å²) in [5, 5.41) is 23.3. The SMILES string of the molecule is C[Si](C)(C)CCOCn1ccc2c(-c3cnn(C(CC#N)CC#N)c3)ncnc21. The number of fused-ring (bicyclic) bond motifs is 1. The van der Waals surface area contributed by atoms with Crippen molar-refractivity contribution < 1.29 is 4.74 Å². The minimum atomic E-state index is -1.11. The number of aromatic nitrogens is 5. The predicted octanol–water partition coefficient (Wildman–Crippen LogP) is 3.98. The van der Waals surface area contributed by atoms with Crippen LogP contribution in [0.3, 0.4) is 0 Å². The maximum Gasteiger partial charge on any atom is 0.145 e. The van der Waals surface area contributed by atoms with E-state index < -0.39 is 8.07 Å². The molecule has 3 heterocycles. The number of nitrogens with zero attached hydrogens (tertiary/aromatic N) is 7. The van der Waals surface area contributed by atoms with E-state index >= 15 is 0 Å². The zero-order valence-electron chi connectivity index (χ0n) is 17.0. The van der Waals surface area contributed by atoms with Gasteiger partial charge < -0.3 is 9.30 Å². The van der Waals surface area contributed by atoms with Crippen LogP contribution in [0.5, 0.6) is 0 Å². The highest BCUT2D eigenvalue weighted by Crippen LogP contribution is 2.27. The predicted molar refractivity (Wildman–Crippen MR) is 112 cm³/mol. The Morgan fingerprint density at radius 1 is 1.17 bits per heavy atom. The summed E-state index contributed by atoms with van der Waals surface area (Å²) >= 11 is 0. The Labute approximate surface area is 171 Å². The molecule has 0 radical (unpaired) electrons. The summed E-state index contributed by atoms with van der Waals surface area (Å²) in [6.45, 7) is 8.20. The lowest BCUT2D eigenvalue weighted by molar-refractivity contribution is 0.0899. The molecule has 9 heteroatoms. The minimum absolute atomic E-state index is 0.235. The Hall–Kier alpha value is -3.01. The maximum absolute atomic E-state index is 8.99. The van der Waals surface area contributed by atoms with Crippen LogP contribution in [-0.2, 0) is 11.5 Å². The molecule has 0 amide bonds. The number of nitriles is 2. The van der Waals surface area contributed by atoms with Crippen LogP contribution in [0.4, 0.5) is 0 Å². The molecule has 0 atom stereocenters. The molecule has 3 aromatic rings. The van der Waals surface area contributed by atoms with Gasteiger partial charge in [0.1, 0.15) is 18.7 Å². The number of ether oxygens (including phenoxy) is 1. The molecule has 3 rings (SSSR count). The second-order valence-electron chi connectivity index (χ2n) is 8.18. The Bertz CT molecular complexity index is 1040. The van der Waals surface area contributed by atoms with E-state index in [1.165, 1.54) is 6.33 Å². The smallest absolute Gasteiger partial charge is 0.145 e. The van der Waals surface area contributed by atoms with Crippen LogP contribution in [0.25, 0.3) is 22.3 Å². The first-order valence-electron chi connectivity index (χ1n) is 9.59. The van der Waals surface area contributed by atoms with Gasteiger partial charge in [0.2, 0.25) is 0 Å². The lowest BCUT2D eigenvalue weighted by Crippen LogP contribution is -2.22. The summed E-state index contributed by atoms with van der Waals surface area (Å²) in [6, 6.07) is 7.07. The van der Waals surface area contributed by atoms with Crippen molar-refractivity contribution in [1.82, 2.24) is 24.3 Å². The molecule has 3 aromatic heterocycles. The van der Waals surface area contributed by atoms with Gasteiger partial charge in [0.25, 0.3) is 0 Å². The zero-order chi connectivity index (χ0) is 20.9. The molecule has 0 aromatic carbocycles. The molecule has 0 fully saturated rings. The molecule has 0 bridgehead atoms. The Balaban J connectivity index is 1.80. The number of hydrogen-bond donors (Lipinski definition) is 0. The van der Waals surface area contributed by atoms with Gasteiger partial charge in [-0.25, -0.2) is 9.97 Å². The van der Waals surface area contributed by atoms with E-state index in [0.717, 1.165) is 34.9 Å². The van der Waals surface area contributed by atoms with Gasteiger partial charge in [-0.2, -0.15) is 15.6 Å². The van der Waals surface area contributed by atoms with Crippen molar-refractivity contribution in [2.75, 3.05) is 6.61 Å². The standard InChI is InChI=1S/C20H25N7OSi/c1-29(2,3)11-10-28-15-26-9-6-18-19(23-14-24-20(18)26)16-12-25-27(13-16)17(4-7-21)5-8-22/h6,9,12-14,17H,4-5,10-11,15H2,1-3H3. The quantitative estimate of drug-likeness (QED) is 0.392. The second kappa shape index (κ2) is 8.99. The normalized spacial score (nSPS) is 11.7. The molecule has 0 N–H and O–H groups in total. The average Bonchev–Trinajstić information content (AvgIpc) is 3.32. The molecule has 0 saturated carbocycles. The van der Waals surface area contributed by atoms with Gasteiger partial charge in [-0.1, -0.05) is 19.6 Å². The zero-order valence-corrected chi connectivity index (χ0v) is 18.0. The van der Waals surface area contributed by atoms with E-state index in [1.807, 2.05) is 23.0 Å². The molecule has 8 nitrogen and oxygen atoms in total. The summed E-state index contributed by atoms with van der Waals surface area (Å²) in [5.41, 5.74) is 2.41. The van der Waals surface area contributed by atoms with Crippen LogP contribution in [-0.4, -0.2) is 39.0 Å². The topological polar surface area (TPSA) is 105 Å². The van der Waals surface area contributed by atoms with Crippen molar-refractivity contribution in [1.29, 1.82) is 10.5 Å². The number of rotatable bonds is 9. The molecule has 0 unspecified atom stereocenters. The van der Waals surface area contributed by atoms with Crippen LogP contribution in [0.1, 0.15) is 18.9 Å². The average molecular weight is 408 g/mol. The highest BCUT2D eigenvalue weighted by molar-refractivity contribution is 6.76. The largest absolute Gasteiger partial charge is 0.361 e. The van der Waals surface area contributed by atoms with Crippen LogP contribution in [0, 0.1) is 22.7 Å². The Morgan fingerprint density at radius 3 is 2.62 bits per heavy atom. The van der Waals surface area contributed by atoms with E-state index in [9.17, 15) is 0 Å². The summed E-state index contributed by atoms with van der Waals surface area (Å²) < 4.78 is 9.51. The molecular weight excluding hydrogens is 382 g/mol. The monoisotopic (exact) mass is 407 g/mol. The van der Waals surface area contributed by atoms with Crippen molar-refractivity contribution in [3.05, 3.63) is 31.0 Å². The van der Waals surface area contributed by atoms with Crippen molar-refractivity contribution in [2.24, 2.45) is 0 Å². The van der Waals surface area contributed by atoms with Crippen LogP contribution < -0.4 is 0 Å². The van der Waals surface area contributed by atoms with Gasteiger partial charge in [-0.05, 0) is 12.1 Å². The third-order valence-corrected chi connectivity index (χ3v) is 6.39. The van der Waals surface area contributed by atoms with Crippen molar-refractivity contribution >= 4 is 19.1 Å². The highest BCUT2D eigenvalue weighted by atomic mass is 28.3. The van der Waals surface area contributed by atoms with Gasteiger partial charge in [0.15, 0.2) is 0 Å². The first kappa shape index (κ1) is 20.7. The van der Waals surface area contributed by atoms with Crippen LogP contribution >= 0.6 is 0 Å². The first-order valence-corrected chi connectivity index (χ1v) is 13.3. The fraction of sp³-hybridized carbons (Fsp3) is 0.450. The fourth-order valence-electron chi connectivity index (χ4n) is 3.01. The van der Waals surface area contributed by atoms with Gasteiger partial charge in [0, 0.05) is 38.0 Å². The lowest BCUT2D eigenvalue weighted by atomic mass is 10.1. The molecule has 0 aliphatic heterocycles. The fourth-order valence-corrected chi connectivity index (χ4v) is 3.77. The lowest BCUT2D eigenvalue weighted by Gasteiger charge is -2.15. The molecule has 0 saturated heterocycles. The molecule has 150 valence electrons. The van der Waals surface area contributed by atoms with E-state index in [1.54, 1.807) is 10.9 Å². The summed E-state index contributed by atoms with van der Waals surface area (Å²) in [5.74, 6) is 0. The van der Waals surface area contributed by atoms with Crippen molar-refractivity contribution in [3.8, 4) is 23.4 Å². The van der Waals surface area contributed by atoms with Crippen LogP contribution in [0.15, 0.2) is 31.0 Å². The molecule has 0 spiro atoms. The van der Waals surface area contributed by atoms with Gasteiger partial charge in [-0.3, -0.25) is 4.68 Å². The van der Waals surface area contributed by atoms with E-state index in [2.05, 4.69) is 46.8 Å². The Morgan fingerprint density at radius 2 is 1.93 bits per heavy atom. The van der Waals surface area contributed by atoms with Crippen LogP contribution in [0.2, 0.25) is 25.7 Å². The Kier molecular flexibility index (Phi) is 6.42. The summed E-state index contributed by atoms with van der Waals surface area (Å²) in [7, 11) is -1.11. The van der Waals surface area contributed by atoms with E-state index in [0.29, 0.717) is 6.73 Å². The van der Waals surface area contributed by atoms with Gasteiger partial charge >= 0.3 is 0 Å². The van der Waals surface area contributed by atoms with Crippen molar-refractivity contribution in [3.63, 3.8) is 0 Å². The minimum Gasteiger partial charge on any atom is -0.361 e.